The first-order valence-electron chi connectivity index (χ1n) is 6.61. The summed E-state index contributed by atoms with van der Waals surface area (Å²) < 4.78 is 18.3. The number of phenolic OH excluding ortho intramolecular Hbond substituents is 1. The maximum atomic E-state index is 12.8. The van der Waals surface area contributed by atoms with Gasteiger partial charge in [0.1, 0.15) is 17.3 Å². The van der Waals surface area contributed by atoms with Gasteiger partial charge in [-0.15, -0.1) is 0 Å². The third-order valence-corrected chi connectivity index (χ3v) is 2.82. The summed E-state index contributed by atoms with van der Waals surface area (Å²) in [7, 11) is 0. The quantitative estimate of drug-likeness (QED) is 0.804. The molecule has 0 bridgehead atoms. The molecular formula is C16H16FNO3. The molecule has 0 aromatic heterocycles. The lowest BCUT2D eigenvalue weighted by Gasteiger charge is -2.08. The van der Waals surface area contributed by atoms with Crippen molar-refractivity contribution in [1.29, 1.82) is 0 Å². The van der Waals surface area contributed by atoms with Gasteiger partial charge in [-0.1, -0.05) is 18.2 Å². The number of carbonyl (C=O) groups excluding carboxylic acids is 1. The summed E-state index contributed by atoms with van der Waals surface area (Å²) in [5.41, 5.74) is 0.0559. The van der Waals surface area contributed by atoms with Gasteiger partial charge < -0.3 is 15.2 Å². The zero-order valence-electron chi connectivity index (χ0n) is 11.4. The molecule has 0 aliphatic rings. The molecule has 1 amide bonds. The van der Waals surface area contributed by atoms with Crippen LogP contribution >= 0.6 is 0 Å². The van der Waals surface area contributed by atoms with Crippen LogP contribution in [-0.4, -0.2) is 24.2 Å². The molecule has 0 fully saturated rings. The van der Waals surface area contributed by atoms with E-state index in [-0.39, 0.29) is 11.3 Å². The summed E-state index contributed by atoms with van der Waals surface area (Å²) in [6.45, 7) is 0.877. The van der Waals surface area contributed by atoms with Gasteiger partial charge in [0, 0.05) is 12.6 Å². The van der Waals surface area contributed by atoms with Crippen LogP contribution in [-0.2, 0) is 0 Å². The number of amides is 1. The van der Waals surface area contributed by atoms with Crippen LogP contribution in [0, 0.1) is 5.82 Å². The molecule has 0 saturated carbocycles. The maximum absolute atomic E-state index is 12.8. The number of para-hydroxylation sites is 1. The second-order valence-corrected chi connectivity index (χ2v) is 4.43. The van der Waals surface area contributed by atoms with Gasteiger partial charge in [0.05, 0.1) is 12.2 Å². The lowest BCUT2D eigenvalue weighted by atomic mass is 10.2. The van der Waals surface area contributed by atoms with E-state index in [0.717, 1.165) is 17.9 Å². The van der Waals surface area contributed by atoms with Crippen LogP contribution in [0.4, 0.5) is 4.39 Å². The van der Waals surface area contributed by atoms with E-state index in [1.165, 1.54) is 6.07 Å². The van der Waals surface area contributed by atoms with E-state index >= 15 is 0 Å². The second kappa shape index (κ2) is 7.28. The number of ether oxygens (including phenoxy) is 1. The minimum absolute atomic E-state index is 0.0559. The standard InChI is InChI=1S/C16H16FNO3/c17-12-7-8-14(15(19)11-12)16(20)18-9-4-10-21-13-5-2-1-3-6-13/h1-3,5-8,11,19H,4,9-10H2,(H,18,20). The van der Waals surface area contributed by atoms with Crippen LogP contribution in [0.2, 0.25) is 0 Å². The molecule has 0 unspecified atom stereocenters. The molecule has 0 spiro atoms. The Balaban J connectivity index is 1.72. The highest BCUT2D eigenvalue weighted by atomic mass is 19.1. The predicted octanol–water partition coefficient (Wildman–Crippen LogP) is 2.73. The molecule has 2 aromatic rings. The average molecular weight is 289 g/mol. The lowest BCUT2D eigenvalue weighted by molar-refractivity contribution is 0.0949. The van der Waals surface area contributed by atoms with Crippen molar-refractivity contribution in [1.82, 2.24) is 5.32 Å². The van der Waals surface area contributed by atoms with Crippen molar-refractivity contribution in [3.63, 3.8) is 0 Å². The van der Waals surface area contributed by atoms with Gasteiger partial charge in [0.15, 0.2) is 0 Å². The van der Waals surface area contributed by atoms with E-state index in [1.54, 1.807) is 0 Å². The molecule has 0 heterocycles. The number of carbonyl (C=O) groups is 1. The van der Waals surface area contributed by atoms with Crippen molar-refractivity contribution in [3.8, 4) is 11.5 Å². The Bertz CT molecular complexity index is 602. The van der Waals surface area contributed by atoms with Crippen LogP contribution < -0.4 is 10.1 Å². The van der Waals surface area contributed by atoms with Crippen LogP contribution in [0.15, 0.2) is 48.5 Å². The van der Waals surface area contributed by atoms with Crippen molar-refractivity contribution in [2.24, 2.45) is 0 Å². The molecule has 110 valence electrons. The number of nitrogens with one attached hydrogen (secondary N) is 1. The molecule has 0 atom stereocenters. The summed E-state index contributed by atoms with van der Waals surface area (Å²) in [4.78, 5) is 11.8. The minimum Gasteiger partial charge on any atom is -0.507 e. The molecule has 2 aromatic carbocycles. The highest BCUT2D eigenvalue weighted by Gasteiger charge is 2.10. The normalized spacial score (nSPS) is 10.1. The summed E-state index contributed by atoms with van der Waals surface area (Å²) in [6, 6.07) is 12.7. The number of phenols is 1. The number of halogens is 1. The van der Waals surface area contributed by atoms with E-state index in [0.29, 0.717) is 19.6 Å². The highest BCUT2D eigenvalue weighted by molar-refractivity contribution is 5.96. The third kappa shape index (κ3) is 4.49. The predicted molar refractivity (Wildman–Crippen MR) is 77.0 cm³/mol. The minimum atomic E-state index is -0.583. The van der Waals surface area contributed by atoms with Gasteiger partial charge >= 0.3 is 0 Å². The Morgan fingerprint density at radius 3 is 2.67 bits per heavy atom. The average Bonchev–Trinajstić information content (AvgIpc) is 2.47. The molecule has 21 heavy (non-hydrogen) atoms. The Labute approximate surface area is 122 Å². The van der Waals surface area contributed by atoms with Crippen molar-refractivity contribution in [3.05, 3.63) is 59.9 Å². The third-order valence-electron chi connectivity index (χ3n) is 2.82. The van der Waals surface area contributed by atoms with Crippen molar-refractivity contribution >= 4 is 5.91 Å². The molecule has 2 N–H and O–H groups in total. The van der Waals surface area contributed by atoms with E-state index in [9.17, 15) is 14.3 Å². The van der Waals surface area contributed by atoms with Gasteiger partial charge in [-0.2, -0.15) is 0 Å². The Morgan fingerprint density at radius 2 is 1.95 bits per heavy atom. The summed E-state index contributed by atoms with van der Waals surface area (Å²) >= 11 is 0. The number of rotatable bonds is 6. The smallest absolute Gasteiger partial charge is 0.255 e. The number of hydrogen-bond donors (Lipinski definition) is 2. The molecular weight excluding hydrogens is 273 g/mol. The van der Waals surface area contributed by atoms with Crippen molar-refractivity contribution < 1.29 is 19.0 Å². The van der Waals surface area contributed by atoms with E-state index in [1.807, 2.05) is 30.3 Å². The zero-order valence-corrected chi connectivity index (χ0v) is 11.4. The van der Waals surface area contributed by atoms with Gasteiger partial charge in [-0.25, -0.2) is 4.39 Å². The van der Waals surface area contributed by atoms with Crippen LogP contribution in [0.3, 0.4) is 0 Å². The van der Waals surface area contributed by atoms with Gasteiger partial charge in [0.25, 0.3) is 5.91 Å². The lowest BCUT2D eigenvalue weighted by Crippen LogP contribution is -2.25. The first-order chi connectivity index (χ1) is 10.2. The highest BCUT2D eigenvalue weighted by Crippen LogP contribution is 2.17. The SMILES string of the molecule is O=C(NCCCOc1ccccc1)c1ccc(F)cc1O. The maximum Gasteiger partial charge on any atom is 0.255 e. The first kappa shape index (κ1) is 14.8. The van der Waals surface area contributed by atoms with Crippen LogP contribution in [0.1, 0.15) is 16.8 Å². The molecule has 0 aliphatic heterocycles. The molecule has 2 rings (SSSR count). The monoisotopic (exact) mass is 289 g/mol. The van der Waals surface area contributed by atoms with Gasteiger partial charge in [-0.3, -0.25) is 4.79 Å². The Morgan fingerprint density at radius 1 is 1.19 bits per heavy atom. The fraction of sp³-hybridized carbons (Fsp3) is 0.188. The number of hydrogen-bond acceptors (Lipinski definition) is 3. The van der Waals surface area contributed by atoms with Crippen LogP contribution in [0.5, 0.6) is 11.5 Å². The fourth-order valence-corrected chi connectivity index (χ4v) is 1.77. The summed E-state index contributed by atoms with van der Waals surface area (Å²) in [6.07, 6.45) is 0.628. The Hall–Kier alpha value is -2.56. The largest absolute Gasteiger partial charge is 0.507 e. The van der Waals surface area contributed by atoms with E-state index < -0.39 is 11.7 Å². The molecule has 0 aliphatic carbocycles. The topological polar surface area (TPSA) is 58.6 Å². The molecule has 0 saturated heterocycles. The molecule has 0 radical (unpaired) electrons. The fourth-order valence-electron chi connectivity index (χ4n) is 1.77. The number of aromatic hydroxyl groups is 1. The second-order valence-electron chi connectivity index (χ2n) is 4.43. The van der Waals surface area contributed by atoms with E-state index in [2.05, 4.69) is 5.32 Å². The van der Waals surface area contributed by atoms with Gasteiger partial charge in [-0.05, 0) is 30.7 Å². The Kier molecular flexibility index (Phi) is 5.15. The molecule has 5 heteroatoms. The zero-order chi connectivity index (χ0) is 15.1. The summed E-state index contributed by atoms with van der Waals surface area (Å²) in [5, 5.41) is 12.1. The molecule has 4 nitrogen and oxygen atoms in total. The van der Waals surface area contributed by atoms with Gasteiger partial charge in [0.2, 0.25) is 0 Å². The first-order valence-corrected chi connectivity index (χ1v) is 6.61. The van der Waals surface area contributed by atoms with Crippen LogP contribution in [0.25, 0.3) is 0 Å². The van der Waals surface area contributed by atoms with Crippen molar-refractivity contribution in [2.75, 3.05) is 13.2 Å². The van der Waals surface area contributed by atoms with E-state index in [4.69, 9.17) is 4.74 Å². The van der Waals surface area contributed by atoms with Crippen molar-refractivity contribution in [2.45, 2.75) is 6.42 Å². The number of benzene rings is 2. The summed E-state index contributed by atoms with van der Waals surface area (Å²) in [5.74, 6) is -0.611.